The Bertz CT molecular complexity index is 590. The van der Waals surface area contributed by atoms with E-state index in [1.54, 1.807) is 12.4 Å². The van der Waals surface area contributed by atoms with Crippen LogP contribution in [0.4, 0.5) is 0 Å². The maximum atomic E-state index is 4.33. The zero-order chi connectivity index (χ0) is 12.2. The third-order valence-electron chi connectivity index (χ3n) is 2.68. The van der Waals surface area contributed by atoms with E-state index in [2.05, 4.69) is 16.0 Å². The molecule has 2 aromatic heterocycles. The predicted octanol–water partition coefficient (Wildman–Crippen LogP) is 2.78. The molecule has 20 heavy (non-hydrogen) atoms. The molecule has 0 bridgehead atoms. The molecule has 4 heteroatoms. The maximum Gasteiger partial charge on any atom is 0.0183 e. The van der Waals surface area contributed by atoms with Crippen LogP contribution >= 0.6 is 0 Å². The van der Waals surface area contributed by atoms with Crippen molar-refractivity contribution in [1.82, 2.24) is 9.97 Å². The summed E-state index contributed by atoms with van der Waals surface area (Å²) in [6.45, 7) is 0. The summed E-state index contributed by atoms with van der Waals surface area (Å²) in [5.74, 6) is 0. The molecule has 0 radical (unpaired) electrons. The molecule has 0 unspecified atom stereocenters. The van der Waals surface area contributed by atoms with Gasteiger partial charge in [0.1, 0.15) is 0 Å². The van der Waals surface area contributed by atoms with Gasteiger partial charge in [-0.25, -0.2) is 0 Å². The number of pyridine rings is 2. The number of benzene rings is 1. The molecule has 3 nitrogen and oxygen atoms in total. The topological polar surface area (TPSA) is 57.3 Å². The van der Waals surface area contributed by atoms with Gasteiger partial charge in [0, 0.05) is 40.3 Å². The van der Waals surface area contributed by atoms with Crippen molar-refractivity contribution in [2.45, 2.75) is 0 Å². The zero-order valence-electron chi connectivity index (χ0n) is 10.6. The van der Waals surface area contributed by atoms with Crippen LogP contribution in [-0.2, 0) is 16.5 Å². The van der Waals surface area contributed by atoms with Crippen LogP contribution in [0, 0.1) is 6.07 Å². The summed E-state index contributed by atoms with van der Waals surface area (Å²) in [5.41, 5.74) is 3.82. The first-order chi connectivity index (χ1) is 8.93. The third kappa shape index (κ3) is 3.50. The molecule has 0 saturated carbocycles. The van der Waals surface area contributed by atoms with E-state index in [9.17, 15) is 0 Å². The van der Waals surface area contributed by atoms with Gasteiger partial charge >= 0.3 is 0 Å². The molecule has 0 saturated heterocycles. The first-order valence-corrected chi connectivity index (χ1v) is 5.78. The van der Waals surface area contributed by atoms with Crippen molar-refractivity contribution >= 4 is 0 Å². The summed E-state index contributed by atoms with van der Waals surface area (Å²) in [6.07, 6.45) is 3.58. The molecule has 0 aliphatic rings. The molecule has 2 heterocycles. The second-order valence-electron chi connectivity index (χ2n) is 3.91. The van der Waals surface area contributed by atoms with Crippen molar-refractivity contribution in [3.05, 3.63) is 73.1 Å². The van der Waals surface area contributed by atoms with E-state index in [0.717, 1.165) is 22.5 Å². The van der Waals surface area contributed by atoms with Gasteiger partial charge in [0.15, 0.2) is 0 Å². The van der Waals surface area contributed by atoms with Gasteiger partial charge in [-0.15, -0.1) is 24.3 Å². The van der Waals surface area contributed by atoms with Gasteiger partial charge in [0.25, 0.3) is 0 Å². The molecule has 0 aliphatic heterocycles. The Morgan fingerprint density at radius 3 is 1.55 bits per heavy atom. The van der Waals surface area contributed by atoms with Gasteiger partial charge in [-0.3, -0.25) is 9.97 Å². The average molecular weight is 308 g/mol. The normalized spacial score (nSPS) is 9.20. The van der Waals surface area contributed by atoms with Crippen LogP contribution in [0.5, 0.6) is 0 Å². The molecule has 2 N–H and O–H groups in total. The van der Waals surface area contributed by atoms with E-state index < -0.39 is 0 Å². The van der Waals surface area contributed by atoms with Crippen LogP contribution in [0.2, 0.25) is 0 Å². The van der Waals surface area contributed by atoms with Crippen molar-refractivity contribution in [2.75, 3.05) is 0 Å². The number of nitrogens with zero attached hydrogens (tertiary/aromatic N) is 2. The summed E-state index contributed by atoms with van der Waals surface area (Å²) in [7, 11) is 0. The largest absolute Gasteiger partial charge is 0.412 e. The Kier molecular flexibility index (Phi) is 6.04. The van der Waals surface area contributed by atoms with E-state index in [1.807, 2.05) is 54.6 Å². The van der Waals surface area contributed by atoms with Crippen LogP contribution < -0.4 is 0 Å². The molecular weight excluding hydrogens is 295 g/mol. The van der Waals surface area contributed by atoms with Gasteiger partial charge in [-0.1, -0.05) is 35.4 Å². The molecule has 104 valence electrons. The van der Waals surface area contributed by atoms with Crippen molar-refractivity contribution in [3.63, 3.8) is 0 Å². The average Bonchev–Trinajstić information content (AvgIpc) is 2.49. The summed E-state index contributed by atoms with van der Waals surface area (Å²) in [4.78, 5) is 8.66. The molecule has 0 fully saturated rings. The Labute approximate surface area is 128 Å². The van der Waals surface area contributed by atoms with Crippen LogP contribution in [0.1, 0.15) is 0 Å². The van der Waals surface area contributed by atoms with E-state index in [4.69, 9.17) is 0 Å². The predicted molar refractivity (Wildman–Crippen MR) is 75.4 cm³/mol. The second-order valence-corrected chi connectivity index (χ2v) is 3.91. The third-order valence-corrected chi connectivity index (χ3v) is 2.68. The van der Waals surface area contributed by atoms with Gasteiger partial charge in [-0.2, -0.15) is 0 Å². The van der Waals surface area contributed by atoms with E-state index in [1.165, 1.54) is 0 Å². The fourth-order valence-electron chi connectivity index (χ4n) is 1.81. The minimum absolute atomic E-state index is 0. The first kappa shape index (κ1) is 16.0. The molecule has 0 spiro atoms. The quantitative estimate of drug-likeness (QED) is 0.540. The monoisotopic (exact) mass is 307 g/mol. The van der Waals surface area contributed by atoms with E-state index in [0.29, 0.717) is 0 Å². The summed E-state index contributed by atoms with van der Waals surface area (Å²) in [6, 6.07) is 21.1. The molecule has 1 aromatic carbocycles. The van der Waals surface area contributed by atoms with Crippen molar-refractivity contribution in [1.29, 1.82) is 0 Å². The van der Waals surface area contributed by atoms with Gasteiger partial charge in [0.2, 0.25) is 0 Å². The second kappa shape index (κ2) is 7.54. The van der Waals surface area contributed by atoms with Crippen LogP contribution in [0.25, 0.3) is 22.5 Å². The molecule has 0 amide bonds. The van der Waals surface area contributed by atoms with Crippen LogP contribution in [0.15, 0.2) is 67.0 Å². The van der Waals surface area contributed by atoms with Gasteiger partial charge < -0.3 is 5.48 Å². The number of hydrogen-bond acceptors (Lipinski definition) is 2. The van der Waals surface area contributed by atoms with Crippen molar-refractivity contribution in [3.8, 4) is 22.5 Å². The van der Waals surface area contributed by atoms with Gasteiger partial charge in [-0.05, 0) is 12.1 Å². The Balaban J connectivity index is 0.000001000. The smallest absolute Gasteiger partial charge is 0.0183 e. The molecule has 0 atom stereocenters. The molecule has 0 aliphatic carbocycles. The summed E-state index contributed by atoms with van der Waals surface area (Å²) in [5, 5.41) is 0. The Morgan fingerprint density at radius 1 is 0.650 bits per heavy atom. The fourth-order valence-corrected chi connectivity index (χ4v) is 1.81. The van der Waals surface area contributed by atoms with E-state index in [-0.39, 0.29) is 22.0 Å². The standard InChI is InChI=1S/C16H11N2.Ni.H2O/c1-3-10-17-15(8-1)13-6-5-7-14(12-13)16-9-2-4-11-18-16;;/h1-11H;;1H2/q-1;;. The Morgan fingerprint density at radius 2 is 1.15 bits per heavy atom. The minimum Gasteiger partial charge on any atom is -0.412 e. The Hall–Kier alpha value is -2.03. The van der Waals surface area contributed by atoms with Crippen molar-refractivity contribution in [2.24, 2.45) is 0 Å². The minimum atomic E-state index is 0. The van der Waals surface area contributed by atoms with E-state index >= 15 is 0 Å². The SMILES string of the molecule is O.[Ni].[c-]1c(-c2ccccn2)cccc1-c1ccccn1. The van der Waals surface area contributed by atoms with Crippen LogP contribution in [-0.4, -0.2) is 15.4 Å². The summed E-state index contributed by atoms with van der Waals surface area (Å²) >= 11 is 0. The number of aromatic nitrogens is 2. The maximum absolute atomic E-state index is 4.33. The zero-order valence-corrected chi connectivity index (χ0v) is 11.5. The first-order valence-electron chi connectivity index (χ1n) is 5.78. The molecule has 3 rings (SSSR count). The fraction of sp³-hybridized carbons (Fsp3) is 0. The summed E-state index contributed by atoms with van der Waals surface area (Å²) < 4.78 is 0. The van der Waals surface area contributed by atoms with Gasteiger partial charge in [0.05, 0.1) is 0 Å². The van der Waals surface area contributed by atoms with Crippen molar-refractivity contribution < 1.29 is 22.0 Å². The molecule has 3 aromatic rings. The number of hydrogen-bond donors (Lipinski definition) is 0. The number of rotatable bonds is 2. The van der Waals surface area contributed by atoms with Crippen LogP contribution in [0.3, 0.4) is 0 Å². The molecular formula is C16H13N2NiO-.